The zero-order valence-electron chi connectivity index (χ0n) is 15.7. The number of amides is 1. The Morgan fingerprint density at radius 3 is 2.39 bits per heavy atom. The van der Waals surface area contributed by atoms with Crippen molar-refractivity contribution in [2.45, 2.75) is 6.10 Å². The van der Waals surface area contributed by atoms with Crippen LogP contribution in [-0.4, -0.2) is 62.8 Å². The first-order valence-electron chi connectivity index (χ1n) is 9.27. The Morgan fingerprint density at radius 1 is 0.964 bits per heavy atom. The number of methoxy groups -OCH3 is 1. The molecule has 2 heterocycles. The predicted octanol–water partition coefficient (Wildman–Crippen LogP) is 1.96. The number of hydrogen-bond donors (Lipinski definition) is 0. The third-order valence-electron chi connectivity index (χ3n) is 5.03. The lowest BCUT2D eigenvalue weighted by Gasteiger charge is -2.38. The van der Waals surface area contributed by atoms with E-state index >= 15 is 0 Å². The van der Waals surface area contributed by atoms with Gasteiger partial charge in [0.05, 0.1) is 18.4 Å². The lowest BCUT2D eigenvalue weighted by molar-refractivity contribution is -0.141. The van der Waals surface area contributed by atoms with Crippen LogP contribution in [0.4, 0.5) is 5.69 Å². The Bertz CT molecular complexity index is 877. The molecule has 2 aromatic rings. The van der Waals surface area contributed by atoms with Crippen LogP contribution in [0.5, 0.6) is 11.5 Å². The monoisotopic (exact) mass is 382 g/mol. The van der Waals surface area contributed by atoms with E-state index in [2.05, 4.69) is 4.90 Å². The van der Waals surface area contributed by atoms with Gasteiger partial charge in [0.1, 0.15) is 6.61 Å². The highest BCUT2D eigenvalue weighted by Gasteiger charge is 2.33. The number of ether oxygens (including phenoxy) is 3. The van der Waals surface area contributed by atoms with Gasteiger partial charge in [-0.05, 0) is 24.3 Å². The molecule has 4 rings (SSSR count). The molecule has 0 aromatic heterocycles. The van der Waals surface area contributed by atoms with Gasteiger partial charge in [-0.2, -0.15) is 0 Å². The molecule has 2 aromatic carbocycles. The van der Waals surface area contributed by atoms with Gasteiger partial charge in [-0.3, -0.25) is 4.79 Å². The van der Waals surface area contributed by atoms with Crippen LogP contribution < -0.4 is 14.4 Å². The number of benzene rings is 2. The summed E-state index contributed by atoms with van der Waals surface area (Å²) in [5.74, 6) is 0.824. The maximum Gasteiger partial charge on any atom is 0.339 e. The van der Waals surface area contributed by atoms with E-state index in [0.717, 1.165) is 5.69 Å². The van der Waals surface area contributed by atoms with Gasteiger partial charge in [0, 0.05) is 26.2 Å². The largest absolute Gasteiger partial charge is 0.485 e. The summed E-state index contributed by atoms with van der Waals surface area (Å²) < 4.78 is 16.4. The van der Waals surface area contributed by atoms with E-state index in [1.807, 2.05) is 36.4 Å². The Labute approximate surface area is 163 Å². The average Bonchev–Trinajstić information content (AvgIpc) is 2.78. The van der Waals surface area contributed by atoms with Crippen LogP contribution in [-0.2, 0) is 9.53 Å². The SMILES string of the molecule is COC(=O)c1ccccc1N1CCN(C(=O)[C@H]2COc3ccccc3O2)CC1. The highest BCUT2D eigenvalue weighted by Crippen LogP contribution is 2.31. The van der Waals surface area contributed by atoms with Crippen LogP contribution in [0.15, 0.2) is 48.5 Å². The van der Waals surface area contributed by atoms with Crippen LogP contribution in [0, 0.1) is 0 Å². The van der Waals surface area contributed by atoms with E-state index in [0.29, 0.717) is 43.2 Å². The van der Waals surface area contributed by atoms with Crippen LogP contribution in [0.25, 0.3) is 0 Å². The first-order valence-corrected chi connectivity index (χ1v) is 9.27. The molecule has 2 aliphatic heterocycles. The highest BCUT2D eigenvalue weighted by atomic mass is 16.6. The quantitative estimate of drug-likeness (QED) is 0.756. The number of esters is 1. The minimum absolute atomic E-state index is 0.0737. The maximum atomic E-state index is 12.9. The summed E-state index contributed by atoms with van der Waals surface area (Å²) in [4.78, 5) is 28.8. The lowest BCUT2D eigenvalue weighted by atomic mass is 10.1. The number of carbonyl (C=O) groups excluding carboxylic acids is 2. The number of piperazine rings is 1. The van der Waals surface area contributed by atoms with Crippen molar-refractivity contribution in [1.29, 1.82) is 0 Å². The predicted molar refractivity (Wildman–Crippen MR) is 103 cm³/mol. The third kappa shape index (κ3) is 3.47. The molecule has 28 heavy (non-hydrogen) atoms. The topological polar surface area (TPSA) is 68.3 Å². The van der Waals surface area contributed by atoms with E-state index in [4.69, 9.17) is 14.2 Å². The Morgan fingerprint density at radius 2 is 1.64 bits per heavy atom. The van der Waals surface area contributed by atoms with Crippen LogP contribution in [0.2, 0.25) is 0 Å². The summed E-state index contributed by atoms with van der Waals surface area (Å²) in [6.07, 6.45) is -0.635. The summed E-state index contributed by atoms with van der Waals surface area (Å²) in [5.41, 5.74) is 1.36. The van der Waals surface area contributed by atoms with E-state index in [1.54, 1.807) is 17.0 Å². The lowest BCUT2D eigenvalue weighted by Crippen LogP contribution is -2.54. The number of carbonyl (C=O) groups is 2. The molecular weight excluding hydrogens is 360 g/mol. The number of rotatable bonds is 3. The summed E-state index contributed by atoms with van der Waals surface area (Å²) in [7, 11) is 1.38. The standard InChI is InChI=1S/C21H22N2O5/c1-26-21(25)15-6-2-3-7-16(15)22-10-12-23(13-11-22)20(24)19-14-27-17-8-4-5-9-18(17)28-19/h2-9,19H,10-14H2,1H3/t19-/m1/s1. The van der Waals surface area contributed by atoms with Gasteiger partial charge in [-0.1, -0.05) is 24.3 Å². The molecule has 7 nitrogen and oxygen atoms in total. The van der Waals surface area contributed by atoms with E-state index < -0.39 is 6.10 Å². The van der Waals surface area contributed by atoms with Gasteiger partial charge >= 0.3 is 5.97 Å². The smallest absolute Gasteiger partial charge is 0.339 e. The molecule has 1 amide bonds. The minimum atomic E-state index is -0.635. The molecule has 0 spiro atoms. The van der Waals surface area contributed by atoms with Crippen molar-refractivity contribution < 1.29 is 23.8 Å². The number of hydrogen-bond acceptors (Lipinski definition) is 6. The van der Waals surface area contributed by atoms with E-state index in [1.165, 1.54) is 7.11 Å². The minimum Gasteiger partial charge on any atom is -0.485 e. The second kappa shape index (κ2) is 7.80. The van der Waals surface area contributed by atoms with Crippen LogP contribution in [0.1, 0.15) is 10.4 Å². The van der Waals surface area contributed by atoms with Gasteiger partial charge in [-0.25, -0.2) is 4.79 Å². The number of fused-ring (bicyclic) bond motifs is 1. The van der Waals surface area contributed by atoms with Gasteiger partial charge in [-0.15, -0.1) is 0 Å². The van der Waals surface area contributed by atoms with Gasteiger partial charge in [0.2, 0.25) is 6.10 Å². The fraction of sp³-hybridized carbons (Fsp3) is 0.333. The first-order chi connectivity index (χ1) is 13.7. The highest BCUT2D eigenvalue weighted by molar-refractivity contribution is 5.95. The maximum absolute atomic E-state index is 12.9. The van der Waals surface area contributed by atoms with Gasteiger partial charge in [0.15, 0.2) is 11.5 Å². The van der Waals surface area contributed by atoms with Crippen molar-refractivity contribution >= 4 is 17.6 Å². The van der Waals surface area contributed by atoms with Crippen molar-refractivity contribution in [2.75, 3.05) is 44.8 Å². The summed E-state index contributed by atoms with van der Waals surface area (Å²) in [5, 5.41) is 0. The molecule has 2 aliphatic rings. The number of anilines is 1. The molecule has 0 bridgehead atoms. The van der Waals surface area contributed by atoms with Gasteiger partial charge < -0.3 is 24.0 Å². The molecule has 7 heteroatoms. The van der Waals surface area contributed by atoms with E-state index in [-0.39, 0.29) is 18.5 Å². The van der Waals surface area contributed by atoms with Crippen LogP contribution >= 0.6 is 0 Å². The zero-order valence-corrected chi connectivity index (χ0v) is 15.7. The summed E-state index contributed by atoms with van der Waals surface area (Å²) in [6.45, 7) is 2.57. The van der Waals surface area contributed by atoms with E-state index in [9.17, 15) is 9.59 Å². The molecule has 146 valence electrons. The van der Waals surface area contributed by atoms with Crippen molar-refractivity contribution in [3.8, 4) is 11.5 Å². The number of nitrogens with zero attached hydrogens (tertiary/aromatic N) is 2. The average molecular weight is 382 g/mol. The van der Waals surface area contributed by atoms with Crippen molar-refractivity contribution in [1.82, 2.24) is 4.90 Å². The first kappa shape index (κ1) is 18.2. The van der Waals surface area contributed by atoms with Crippen molar-refractivity contribution in [3.63, 3.8) is 0 Å². The second-order valence-corrected chi connectivity index (χ2v) is 6.69. The molecule has 1 saturated heterocycles. The third-order valence-corrected chi connectivity index (χ3v) is 5.03. The Balaban J connectivity index is 1.40. The number of para-hydroxylation sites is 3. The fourth-order valence-corrected chi connectivity index (χ4v) is 3.54. The second-order valence-electron chi connectivity index (χ2n) is 6.69. The van der Waals surface area contributed by atoms with Crippen LogP contribution in [0.3, 0.4) is 0 Å². The zero-order chi connectivity index (χ0) is 19.5. The Kier molecular flexibility index (Phi) is 5.06. The summed E-state index contributed by atoms with van der Waals surface area (Å²) in [6, 6.07) is 14.7. The molecule has 0 saturated carbocycles. The molecule has 0 unspecified atom stereocenters. The molecule has 0 aliphatic carbocycles. The molecule has 0 radical (unpaired) electrons. The molecule has 1 atom stereocenters. The van der Waals surface area contributed by atoms with Crippen molar-refractivity contribution in [3.05, 3.63) is 54.1 Å². The normalized spacial score (nSPS) is 18.5. The fourth-order valence-electron chi connectivity index (χ4n) is 3.54. The molecule has 1 fully saturated rings. The Hall–Kier alpha value is -3.22. The summed E-state index contributed by atoms with van der Waals surface area (Å²) >= 11 is 0. The molecular formula is C21H22N2O5. The van der Waals surface area contributed by atoms with Crippen molar-refractivity contribution in [2.24, 2.45) is 0 Å². The van der Waals surface area contributed by atoms with Gasteiger partial charge in [0.25, 0.3) is 5.91 Å². The molecule has 0 N–H and O–H groups in total.